The lowest BCUT2D eigenvalue weighted by Gasteiger charge is -2.18. The molecule has 0 saturated heterocycles. The number of thioether (sulfide) groups is 1. The lowest BCUT2D eigenvalue weighted by molar-refractivity contribution is -0.118. The van der Waals surface area contributed by atoms with E-state index in [4.69, 9.17) is 9.15 Å². The van der Waals surface area contributed by atoms with Crippen LogP contribution in [-0.4, -0.2) is 38.8 Å². The topological polar surface area (TPSA) is 99.3 Å². The number of nitrogens with zero attached hydrogens (tertiary/aromatic N) is 3. The number of ketones is 1. The summed E-state index contributed by atoms with van der Waals surface area (Å²) in [6, 6.07) is 16.8. The fourth-order valence-corrected chi connectivity index (χ4v) is 4.40. The monoisotopic (exact) mass is 460 g/mol. The minimum atomic E-state index is -0.240. The molecule has 0 spiro atoms. The van der Waals surface area contributed by atoms with Gasteiger partial charge in [-0.1, -0.05) is 35.5 Å². The van der Waals surface area contributed by atoms with Crippen LogP contribution in [0.25, 0.3) is 11.4 Å². The number of Topliss-reactive ketones (excluding diaryl/α,β-unsaturated/α-hetero) is 1. The van der Waals surface area contributed by atoms with Crippen LogP contribution in [0.3, 0.4) is 0 Å². The van der Waals surface area contributed by atoms with Crippen molar-refractivity contribution in [1.82, 2.24) is 14.8 Å². The molecular formula is C24H20N4O4S. The SMILES string of the molecule is Cc1cccc(-c2nnc(SCC(=O)c3ccc4c(c3)NC(=O)CO4)n2Cc2ccco2)c1. The van der Waals surface area contributed by atoms with E-state index in [2.05, 4.69) is 15.5 Å². The molecule has 5 rings (SSSR count). The largest absolute Gasteiger partial charge is 0.482 e. The molecule has 0 fully saturated rings. The second kappa shape index (κ2) is 8.95. The Hall–Kier alpha value is -3.85. The highest BCUT2D eigenvalue weighted by Gasteiger charge is 2.20. The van der Waals surface area contributed by atoms with E-state index in [0.717, 1.165) is 16.9 Å². The van der Waals surface area contributed by atoms with Crippen molar-refractivity contribution in [3.8, 4) is 17.1 Å². The average molecular weight is 461 g/mol. The van der Waals surface area contributed by atoms with E-state index in [1.165, 1.54) is 11.8 Å². The number of hydrogen-bond donors (Lipinski definition) is 1. The second-order valence-electron chi connectivity index (χ2n) is 7.60. The van der Waals surface area contributed by atoms with Crippen molar-refractivity contribution >= 4 is 29.1 Å². The molecule has 1 aliphatic heterocycles. The van der Waals surface area contributed by atoms with Crippen LogP contribution in [0.4, 0.5) is 5.69 Å². The summed E-state index contributed by atoms with van der Waals surface area (Å²) in [6.45, 7) is 2.45. The Labute approximate surface area is 194 Å². The molecule has 0 unspecified atom stereocenters. The van der Waals surface area contributed by atoms with Gasteiger partial charge in [0.2, 0.25) is 0 Å². The maximum Gasteiger partial charge on any atom is 0.262 e. The number of anilines is 1. The summed E-state index contributed by atoms with van der Waals surface area (Å²) in [7, 11) is 0. The van der Waals surface area contributed by atoms with Crippen LogP contribution < -0.4 is 10.1 Å². The summed E-state index contributed by atoms with van der Waals surface area (Å²) < 4.78 is 12.8. The highest BCUT2D eigenvalue weighted by molar-refractivity contribution is 7.99. The normalized spacial score (nSPS) is 12.7. The lowest BCUT2D eigenvalue weighted by atomic mass is 10.1. The molecule has 2 aromatic heterocycles. The van der Waals surface area contributed by atoms with Crippen LogP contribution in [0.2, 0.25) is 0 Å². The van der Waals surface area contributed by atoms with E-state index in [0.29, 0.717) is 34.5 Å². The van der Waals surface area contributed by atoms with E-state index in [1.807, 2.05) is 47.9 Å². The number of benzene rings is 2. The first-order chi connectivity index (χ1) is 16.1. The van der Waals surface area contributed by atoms with Crippen molar-refractivity contribution in [3.05, 3.63) is 77.7 Å². The number of carbonyl (C=O) groups excluding carboxylic acids is 2. The summed E-state index contributed by atoms with van der Waals surface area (Å²) in [4.78, 5) is 24.5. The maximum atomic E-state index is 12.9. The number of fused-ring (bicyclic) bond motifs is 1. The van der Waals surface area contributed by atoms with Gasteiger partial charge in [-0.2, -0.15) is 0 Å². The van der Waals surface area contributed by atoms with E-state index >= 15 is 0 Å². The molecule has 166 valence electrons. The third kappa shape index (κ3) is 4.54. The van der Waals surface area contributed by atoms with Crippen molar-refractivity contribution in [2.24, 2.45) is 0 Å². The van der Waals surface area contributed by atoms with Gasteiger partial charge in [0.15, 0.2) is 23.4 Å². The zero-order valence-corrected chi connectivity index (χ0v) is 18.6. The van der Waals surface area contributed by atoms with Gasteiger partial charge >= 0.3 is 0 Å². The van der Waals surface area contributed by atoms with Gasteiger partial charge in [0.05, 0.1) is 24.2 Å². The molecular weight excluding hydrogens is 440 g/mol. The van der Waals surface area contributed by atoms with Crippen molar-refractivity contribution < 1.29 is 18.7 Å². The minimum absolute atomic E-state index is 0.0231. The fourth-order valence-electron chi connectivity index (χ4n) is 3.56. The molecule has 1 aliphatic rings. The van der Waals surface area contributed by atoms with Crippen LogP contribution in [0, 0.1) is 6.92 Å². The van der Waals surface area contributed by atoms with Crippen LogP contribution in [0.5, 0.6) is 5.75 Å². The molecule has 0 radical (unpaired) electrons. The Morgan fingerprint density at radius 1 is 1.15 bits per heavy atom. The summed E-state index contributed by atoms with van der Waals surface area (Å²) in [5, 5.41) is 12.1. The Bertz CT molecular complexity index is 1330. The number of aryl methyl sites for hydroxylation is 1. The number of aromatic nitrogens is 3. The third-order valence-electron chi connectivity index (χ3n) is 5.15. The Morgan fingerprint density at radius 3 is 2.88 bits per heavy atom. The molecule has 9 heteroatoms. The quantitative estimate of drug-likeness (QED) is 0.326. The molecule has 0 aliphatic carbocycles. The maximum absolute atomic E-state index is 12.9. The van der Waals surface area contributed by atoms with Gasteiger partial charge < -0.3 is 14.5 Å². The number of amides is 1. The zero-order valence-electron chi connectivity index (χ0n) is 17.8. The van der Waals surface area contributed by atoms with Crippen molar-refractivity contribution in [3.63, 3.8) is 0 Å². The molecule has 4 aromatic rings. The summed E-state index contributed by atoms with van der Waals surface area (Å²) in [6.07, 6.45) is 1.63. The molecule has 8 nitrogen and oxygen atoms in total. The number of rotatable bonds is 7. The van der Waals surface area contributed by atoms with Gasteiger partial charge in [0.25, 0.3) is 5.91 Å². The highest BCUT2D eigenvalue weighted by Crippen LogP contribution is 2.30. The lowest BCUT2D eigenvalue weighted by Crippen LogP contribution is -2.25. The number of nitrogens with one attached hydrogen (secondary N) is 1. The van der Waals surface area contributed by atoms with E-state index in [1.54, 1.807) is 24.5 Å². The highest BCUT2D eigenvalue weighted by atomic mass is 32.2. The molecule has 0 saturated carbocycles. The Balaban J connectivity index is 1.38. The predicted octanol–water partition coefficient (Wildman–Crippen LogP) is 4.20. The molecule has 0 bridgehead atoms. The number of ether oxygens (including phenoxy) is 1. The van der Waals surface area contributed by atoms with Gasteiger partial charge in [0, 0.05) is 11.1 Å². The van der Waals surface area contributed by atoms with Crippen molar-refractivity contribution in [2.75, 3.05) is 17.7 Å². The fraction of sp³-hybridized carbons (Fsp3) is 0.167. The number of carbonyl (C=O) groups is 2. The van der Waals surface area contributed by atoms with Crippen LogP contribution in [0.1, 0.15) is 21.7 Å². The molecule has 1 amide bonds. The van der Waals surface area contributed by atoms with Crippen molar-refractivity contribution in [2.45, 2.75) is 18.6 Å². The molecule has 1 N–H and O–H groups in total. The van der Waals surface area contributed by atoms with E-state index in [9.17, 15) is 9.59 Å². The van der Waals surface area contributed by atoms with Gasteiger partial charge in [-0.25, -0.2) is 0 Å². The van der Waals surface area contributed by atoms with Gasteiger partial charge in [-0.3, -0.25) is 14.2 Å². The summed E-state index contributed by atoms with van der Waals surface area (Å²) >= 11 is 1.31. The first kappa shape index (κ1) is 21.0. The molecule has 3 heterocycles. The van der Waals surface area contributed by atoms with Crippen molar-refractivity contribution in [1.29, 1.82) is 0 Å². The van der Waals surface area contributed by atoms with Gasteiger partial charge in [0.1, 0.15) is 11.5 Å². The van der Waals surface area contributed by atoms with Crippen LogP contribution in [-0.2, 0) is 11.3 Å². The summed E-state index contributed by atoms with van der Waals surface area (Å²) in [5.41, 5.74) is 3.05. The number of furan rings is 1. The predicted molar refractivity (Wildman–Crippen MR) is 124 cm³/mol. The third-order valence-corrected chi connectivity index (χ3v) is 6.12. The molecule has 33 heavy (non-hydrogen) atoms. The van der Waals surface area contributed by atoms with E-state index in [-0.39, 0.29) is 24.1 Å². The molecule has 0 atom stereocenters. The van der Waals surface area contributed by atoms with Gasteiger partial charge in [-0.05, 0) is 43.3 Å². The molecule has 2 aromatic carbocycles. The smallest absolute Gasteiger partial charge is 0.262 e. The average Bonchev–Trinajstić information content (AvgIpc) is 3.47. The summed E-state index contributed by atoms with van der Waals surface area (Å²) in [5.74, 6) is 1.86. The van der Waals surface area contributed by atoms with Crippen LogP contribution >= 0.6 is 11.8 Å². The number of hydrogen-bond acceptors (Lipinski definition) is 7. The zero-order chi connectivity index (χ0) is 22.8. The van der Waals surface area contributed by atoms with Crippen LogP contribution in [0.15, 0.2) is 70.4 Å². The Kier molecular flexibility index (Phi) is 5.70. The second-order valence-corrected chi connectivity index (χ2v) is 8.54. The van der Waals surface area contributed by atoms with Gasteiger partial charge in [-0.15, -0.1) is 10.2 Å². The standard InChI is InChI=1S/C24H20N4O4S/c1-15-4-2-5-17(10-15)23-26-27-24(28(23)12-18-6-3-9-31-18)33-14-20(29)16-7-8-21-19(11-16)25-22(30)13-32-21/h2-11H,12-14H2,1H3,(H,25,30). The minimum Gasteiger partial charge on any atom is -0.482 e. The van der Waals surface area contributed by atoms with E-state index < -0.39 is 0 Å². The first-order valence-corrected chi connectivity index (χ1v) is 11.3. The first-order valence-electron chi connectivity index (χ1n) is 10.3. The Morgan fingerprint density at radius 2 is 2.06 bits per heavy atom.